The van der Waals surface area contributed by atoms with E-state index >= 15 is 0 Å². The Morgan fingerprint density at radius 3 is 2.60 bits per heavy atom. The Balaban J connectivity index is 1.46. The molecular formula is C28H38N4O2S. The number of para-hydroxylation sites is 1. The Labute approximate surface area is 213 Å². The minimum atomic E-state index is 0.0680. The zero-order chi connectivity index (χ0) is 24.2. The van der Waals surface area contributed by atoms with Gasteiger partial charge in [0.2, 0.25) is 11.8 Å². The van der Waals surface area contributed by atoms with Gasteiger partial charge in [0.1, 0.15) is 5.01 Å². The Morgan fingerprint density at radius 2 is 1.86 bits per heavy atom. The molecule has 2 bridgehead atoms. The summed E-state index contributed by atoms with van der Waals surface area (Å²) < 4.78 is 0. The van der Waals surface area contributed by atoms with Crippen molar-refractivity contribution < 1.29 is 9.59 Å². The molecule has 3 aliphatic rings. The van der Waals surface area contributed by atoms with Crippen molar-refractivity contribution in [3.63, 3.8) is 0 Å². The van der Waals surface area contributed by atoms with Crippen molar-refractivity contribution in [3.05, 3.63) is 46.4 Å². The summed E-state index contributed by atoms with van der Waals surface area (Å²) in [5, 5.41) is 3.17. The molecule has 0 radical (unpaired) electrons. The molecule has 2 atom stereocenters. The first-order chi connectivity index (χ1) is 17.1. The number of carbonyl (C=O) groups excluding carboxylic acids is 2. The maximum atomic E-state index is 13.6. The van der Waals surface area contributed by atoms with Gasteiger partial charge in [-0.3, -0.25) is 14.5 Å². The predicted molar refractivity (Wildman–Crippen MR) is 140 cm³/mol. The van der Waals surface area contributed by atoms with E-state index in [-0.39, 0.29) is 11.8 Å². The Morgan fingerprint density at radius 1 is 1.06 bits per heavy atom. The molecule has 1 saturated carbocycles. The Hall–Kier alpha value is -2.25. The molecule has 188 valence electrons. The molecular weight excluding hydrogens is 456 g/mol. The van der Waals surface area contributed by atoms with E-state index in [0.29, 0.717) is 31.6 Å². The number of aromatic nitrogens is 1. The second kappa shape index (κ2) is 11.2. The van der Waals surface area contributed by atoms with Crippen LogP contribution in [0.3, 0.4) is 0 Å². The average Bonchev–Trinajstić information content (AvgIpc) is 3.32. The normalized spacial score (nSPS) is 23.8. The van der Waals surface area contributed by atoms with Gasteiger partial charge in [0, 0.05) is 62.3 Å². The van der Waals surface area contributed by atoms with Crippen molar-refractivity contribution in [1.29, 1.82) is 0 Å². The SMILES string of the molecule is CC(=O)N1CCC2CCCC(CN(C(=O)CCC3CCC3)Cc3ccccc31)N2Cc1nccs1. The molecule has 2 fully saturated rings. The van der Waals surface area contributed by atoms with E-state index < -0.39 is 0 Å². The lowest BCUT2D eigenvalue weighted by Crippen LogP contribution is -2.52. The molecule has 1 aliphatic carbocycles. The molecule has 3 heterocycles. The number of piperidine rings is 1. The van der Waals surface area contributed by atoms with Crippen molar-refractivity contribution in [3.8, 4) is 0 Å². The van der Waals surface area contributed by atoms with Gasteiger partial charge in [-0.25, -0.2) is 4.98 Å². The van der Waals surface area contributed by atoms with Crippen LogP contribution < -0.4 is 4.90 Å². The number of nitrogens with zero attached hydrogens (tertiary/aromatic N) is 4. The molecule has 5 rings (SSSR count). The summed E-state index contributed by atoms with van der Waals surface area (Å²) in [5.74, 6) is 1.05. The van der Waals surface area contributed by atoms with Gasteiger partial charge in [0.05, 0.1) is 6.54 Å². The van der Waals surface area contributed by atoms with Gasteiger partial charge < -0.3 is 9.80 Å². The minimum absolute atomic E-state index is 0.0680. The summed E-state index contributed by atoms with van der Waals surface area (Å²) in [6.07, 6.45) is 11.7. The fourth-order valence-corrected chi connectivity index (χ4v) is 6.71. The van der Waals surface area contributed by atoms with Crippen LogP contribution >= 0.6 is 11.3 Å². The third-order valence-corrected chi connectivity index (χ3v) is 9.06. The number of carbonyl (C=O) groups is 2. The Kier molecular flexibility index (Phi) is 7.83. The third-order valence-electron chi connectivity index (χ3n) is 8.30. The maximum absolute atomic E-state index is 13.6. The van der Waals surface area contributed by atoms with Crippen molar-refractivity contribution in [2.45, 2.75) is 89.9 Å². The second-order valence-electron chi connectivity index (χ2n) is 10.5. The number of benzene rings is 1. The van der Waals surface area contributed by atoms with E-state index in [1.165, 1.54) is 25.7 Å². The zero-order valence-corrected chi connectivity index (χ0v) is 21.7. The molecule has 2 unspecified atom stereocenters. The fraction of sp³-hybridized carbons (Fsp3) is 0.607. The molecule has 0 N–H and O–H groups in total. The minimum Gasteiger partial charge on any atom is -0.337 e. The molecule has 2 aliphatic heterocycles. The van der Waals surface area contributed by atoms with Crippen LogP contribution in [0.1, 0.15) is 75.3 Å². The number of hydrogen-bond donors (Lipinski definition) is 0. The predicted octanol–water partition coefficient (Wildman–Crippen LogP) is 5.23. The van der Waals surface area contributed by atoms with Crippen LogP contribution in [0.2, 0.25) is 0 Å². The summed E-state index contributed by atoms with van der Waals surface area (Å²) in [6.45, 7) is 4.50. The van der Waals surface area contributed by atoms with E-state index in [9.17, 15) is 9.59 Å². The topological polar surface area (TPSA) is 56.8 Å². The lowest BCUT2D eigenvalue weighted by Gasteiger charge is -2.44. The molecule has 2 amide bonds. The standard InChI is InChI=1S/C28H38N4O2S/c1-21(33)31-16-14-24-9-5-10-25(32(24)20-27-29-15-17-35-27)19-30(18-23-8-2-3-11-26(23)31)28(34)13-12-22-6-4-7-22/h2-3,8,11,15,17,22,24-25H,4-7,9-10,12-14,16,18-20H2,1H3. The molecule has 35 heavy (non-hydrogen) atoms. The molecule has 1 aromatic carbocycles. The van der Waals surface area contributed by atoms with E-state index in [4.69, 9.17) is 0 Å². The first-order valence-electron chi connectivity index (χ1n) is 13.4. The van der Waals surface area contributed by atoms with E-state index in [0.717, 1.165) is 60.9 Å². The quantitative estimate of drug-likeness (QED) is 0.571. The van der Waals surface area contributed by atoms with Crippen LogP contribution in [0.4, 0.5) is 5.69 Å². The van der Waals surface area contributed by atoms with Crippen LogP contribution in [0.25, 0.3) is 0 Å². The van der Waals surface area contributed by atoms with Gasteiger partial charge >= 0.3 is 0 Å². The largest absolute Gasteiger partial charge is 0.337 e. The zero-order valence-electron chi connectivity index (χ0n) is 20.9. The molecule has 1 saturated heterocycles. The number of thiazole rings is 1. The number of fused-ring (bicyclic) bond motifs is 3. The van der Waals surface area contributed by atoms with Crippen molar-refractivity contribution in [2.75, 3.05) is 18.0 Å². The van der Waals surface area contributed by atoms with Crippen LogP contribution in [0.15, 0.2) is 35.8 Å². The maximum Gasteiger partial charge on any atom is 0.223 e. The highest BCUT2D eigenvalue weighted by Gasteiger charge is 2.35. The highest BCUT2D eigenvalue weighted by atomic mass is 32.1. The number of amides is 2. The summed E-state index contributed by atoms with van der Waals surface area (Å²) in [5.41, 5.74) is 2.03. The summed E-state index contributed by atoms with van der Waals surface area (Å²) in [4.78, 5) is 37.6. The van der Waals surface area contributed by atoms with Crippen molar-refractivity contribution in [1.82, 2.24) is 14.8 Å². The van der Waals surface area contributed by atoms with Crippen molar-refractivity contribution >= 4 is 28.8 Å². The van der Waals surface area contributed by atoms with Gasteiger partial charge in [-0.05, 0) is 43.2 Å². The smallest absolute Gasteiger partial charge is 0.223 e. The first-order valence-corrected chi connectivity index (χ1v) is 14.2. The summed E-state index contributed by atoms with van der Waals surface area (Å²) >= 11 is 1.71. The van der Waals surface area contributed by atoms with Crippen LogP contribution in [0, 0.1) is 5.92 Å². The van der Waals surface area contributed by atoms with Crippen LogP contribution in [-0.2, 0) is 22.7 Å². The monoisotopic (exact) mass is 494 g/mol. The van der Waals surface area contributed by atoms with E-state index in [1.54, 1.807) is 18.3 Å². The highest BCUT2D eigenvalue weighted by molar-refractivity contribution is 7.09. The van der Waals surface area contributed by atoms with Crippen LogP contribution in [0.5, 0.6) is 0 Å². The van der Waals surface area contributed by atoms with Crippen LogP contribution in [-0.4, -0.2) is 51.8 Å². The lowest BCUT2D eigenvalue weighted by molar-refractivity contribution is -0.133. The summed E-state index contributed by atoms with van der Waals surface area (Å²) in [6, 6.07) is 8.88. The summed E-state index contributed by atoms with van der Waals surface area (Å²) in [7, 11) is 0. The molecule has 6 nitrogen and oxygen atoms in total. The van der Waals surface area contributed by atoms with Gasteiger partial charge in [0.15, 0.2) is 0 Å². The van der Waals surface area contributed by atoms with Crippen molar-refractivity contribution in [2.24, 2.45) is 5.92 Å². The van der Waals surface area contributed by atoms with Gasteiger partial charge in [-0.1, -0.05) is 43.9 Å². The van der Waals surface area contributed by atoms with Gasteiger partial charge in [-0.2, -0.15) is 0 Å². The Bertz CT molecular complexity index is 1010. The molecule has 0 spiro atoms. The molecule has 7 heteroatoms. The van der Waals surface area contributed by atoms with Gasteiger partial charge in [-0.15, -0.1) is 11.3 Å². The number of hydrogen-bond acceptors (Lipinski definition) is 5. The highest BCUT2D eigenvalue weighted by Crippen LogP contribution is 2.33. The number of rotatable bonds is 5. The fourth-order valence-electron chi connectivity index (χ4n) is 6.09. The van der Waals surface area contributed by atoms with Gasteiger partial charge in [0.25, 0.3) is 0 Å². The second-order valence-corrected chi connectivity index (χ2v) is 11.5. The molecule has 1 aromatic heterocycles. The average molecular weight is 495 g/mol. The number of anilines is 1. The lowest BCUT2D eigenvalue weighted by atomic mass is 9.82. The molecule has 2 aromatic rings. The van der Waals surface area contributed by atoms with E-state index in [2.05, 4.69) is 20.9 Å². The first kappa shape index (κ1) is 24.4. The van der Waals surface area contributed by atoms with E-state index in [1.807, 2.05) is 34.7 Å². The third kappa shape index (κ3) is 5.78.